The van der Waals surface area contributed by atoms with Gasteiger partial charge < -0.3 is 19.7 Å². The second-order valence-electron chi connectivity index (χ2n) is 7.86. The molecule has 32 heavy (non-hydrogen) atoms. The van der Waals surface area contributed by atoms with Crippen LogP contribution in [0.25, 0.3) is 11.0 Å². The van der Waals surface area contributed by atoms with Gasteiger partial charge in [0.1, 0.15) is 23.9 Å². The van der Waals surface area contributed by atoms with Crippen molar-refractivity contribution >= 4 is 34.6 Å². The van der Waals surface area contributed by atoms with Gasteiger partial charge in [0.05, 0.1) is 11.0 Å². The zero-order chi connectivity index (χ0) is 21.9. The molecule has 1 saturated heterocycles. The number of imidazole rings is 1. The second-order valence-corrected chi connectivity index (χ2v) is 10.3. The number of aromatic hydroxyl groups is 1. The summed E-state index contributed by atoms with van der Waals surface area (Å²) in [4.78, 5) is 6.97. The molecular formula is C25H25N3O2S2. The molecule has 2 N–H and O–H groups in total. The molecule has 7 heteroatoms. The van der Waals surface area contributed by atoms with Gasteiger partial charge in [0, 0.05) is 34.5 Å². The molecule has 1 unspecified atom stereocenters. The molecule has 4 aromatic rings. The topological polar surface area (TPSA) is 59.3 Å². The molecule has 1 aliphatic heterocycles. The van der Waals surface area contributed by atoms with Gasteiger partial charge in [0.2, 0.25) is 0 Å². The normalized spacial score (nSPS) is 16.0. The zero-order valence-corrected chi connectivity index (χ0v) is 19.5. The SMILES string of the molecule is Cn1c(COc2ccc(CC3CNCS3)cc2)nc2ccc(Sc3ccc(O)cc3)cc21. The van der Waals surface area contributed by atoms with E-state index in [4.69, 9.17) is 9.72 Å². The molecule has 3 aromatic carbocycles. The minimum absolute atomic E-state index is 0.279. The fourth-order valence-corrected chi connectivity index (χ4v) is 5.65. The van der Waals surface area contributed by atoms with Crippen molar-refractivity contribution in [2.75, 3.05) is 12.4 Å². The minimum atomic E-state index is 0.279. The number of ether oxygens (including phenoxy) is 1. The second kappa shape index (κ2) is 9.48. The van der Waals surface area contributed by atoms with E-state index in [0.29, 0.717) is 11.9 Å². The summed E-state index contributed by atoms with van der Waals surface area (Å²) in [6.45, 7) is 1.51. The number of hydrogen-bond donors (Lipinski definition) is 2. The van der Waals surface area contributed by atoms with Crippen LogP contribution in [0.4, 0.5) is 0 Å². The third kappa shape index (κ3) is 4.90. The summed E-state index contributed by atoms with van der Waals surface area (Å²) >= 11 is 3.65. The summed E-state index contributed by atoms with van der Waals surface area (Å²) in [6.07, 6.45) is 1.09. The lowest BCUT2D eigenvalue weighted by atomic mass is 10.1. The third-order valence-corrected chi connectivity index (χ3v) is 7.74. The van der Waals surface area contributed by atoms with Gasteiger partial charge in [-0.15, -0.1) is 11.8 Å². The van der Waals surface area contributed by atoms with Crippen LogP contribution in [-0.2, 0) is 20.1 Å². The van der Waals surface area contributed by atoms with Crippen LogP contribution in [0.3, 0.4) is 0 Å². The minimum Gasteiger partial charge on any atom is -0.508 e. The molecule has 1 aromatic heterocycles. The predicted molar refractivity (Wildman–Crippen MR) is 132 cm³/mol. The lowest BCUT2D eigenvalue weighted by molar-refractivity contribution is 0.292. The third-order valence-electron chi connectivity index (χ3n) is 5.57. The Kier molecular flexibility index (Phi) is 6.30. The summed E-state index contributed by atoms with van der Waals surface area (Å²) in [6, 6.07) is 22.0. The van der Waals surface area contributed by atoms with Crippen LogP contribution >= 0.6 is 23.5 Å². The van der Waals surface area contributed by atoms with Crippen LogP contribution < -0.4 is 10.1 Å². The Hall–Kier alpha value is -2.61. The standard InChI is InChI=1S/C25H25N3O2S2/c1-28-24-13-21(32-20-8-4-18(29)5-9-20)10-11-23(24)27-25(28)15-30-19-6-2-17(3-7-19)12-22-14-26-16-31-22/h2-11,13,22,26,29H,12,14-16H2,1H3. The van der Waals surface area contributed by atoms with Gasteiger partial charge >= 0.3 is 0 Å². The monoisotopic (exact) mass is 463 g/mol. The highest BCUT2D eigenvalue weighted by atomic mass is 32.2. The summed E-state index contributed by atoms with van der Waals surface area (Å²) in [7, 11) is 2.03. The lowest BCUT2D eigenvalue weighted by Crippen LogP contribution is -2.14. The molecular weight excluding hydrogens is 438 g/mol. The highest BCUT2D eigenvalue weighted by Crippen LogP contribution is 2.31. The fourth-order valence-electron chi connectivity index (χ4n) is 3.78. The van der Waals surface area contributed by atoms with Gasteiger partial charge in [0.25, 0.3) is 0 Å². The van der Waals surface area contributed by atoms with E-state index >= 15 is 0 Å². The zero-order valence-electron chi connectivity index (χ0n) is 17.8. The molecule has 1 atom stereocenters. The van der Waals surface area contributed by atoms with Crippen molar-refractivity contribution in [3.63, 3.8) is 0 Å². The summed E-state index contributed by atoms with van der Waals surface area (Å²) in [5.74, 6) is 3.09. The van der Waals surface area contributed by atoms with E-state index in [9.17, 15) is 5.11 Å². The fraction of sp³-hybridized carbons (Fsp3) is 0.240. The molecule has 0 saturated carbocycles. The average Bonchev–Trinajstić information content (AvgIpc) is 3.43. The van der Waals surface area contributed by atoms with Crippen molar-refractivity contribution in [1.29, 1.82) is 0 Å². The van der Waals surface area contributed by atoms with Gasteiger partial charge in [-0.2, -0.15) is 0 Å². The number of aryl methyl sites for hydroxylation is 1. The number of nitrogens with zero attached hydrogens (tertiary/aromatic N) is 2. The first-order chi connectivity index (χ1) is 15.6. The maximum atomic E-state index is 9.47. The molecule has 5 nitrogen and oxygen atoms in total. The highest BCUT2D eigenvalue weighted by molar-refractivity contribution is 8.00. The lowest BCUT2D eigenvalue weighted by Gasteiger charge is -2.10. The number of thioether (sulfide) groups is 1. The van der Waals surface area contributed by atoms with E-state index in [1.54, 1.807) is 23.9 Å². The van der Waals surface area contributed by atoms with Crippen molar-refractivity contribution in [1.82, 2.24) is 14.9 Å². The van der Waals surface area contributed by atoms with Crippen molar-refractivity contribution in [2.24, 2.45) is 7.05 Å². The van der Waals surface area contributed by atoms with Crippen LogP contribution in [0.15, 0.2) is 76.5 Å². The van der Waals surface area contributed by atoms with Gasteiger partial charge in [-0.25, -0.2) is 4.98 Å². The Labute approximate surface area is 196 Å². The van der Waals surface area contributed by atoms with Crippen LogP contribution in [0.5, 0.6) is 11.5 Å². The van der Waals surface area contributed by atoms with Gasteiger partial charge in [-0.3, -0.25) is 0 Å². The molecule has 1 aliphatic rings. The molecule has 0 bridgehead atoms. The first-order valence-electron chi connectivity index (χ1n) is 10.6. The Morgan fingerprint density at radius 1 is 1.09 bits per heavy atom. The van der Waals surface area contributed by atoms with E-state index < -0.39 is 0 Å². The van der Waals surface area contributed by atoms with Crippen LogP contribution in [-0.4, -0.2) is 32.3 Å². The van der Waals surface area contributed by atoms with Crippen molar-refractivity contribution in [3.05, 3.63) is 78.1 Å². The van der Waals surface area contributed by atoms with E-state index in [0.717, 1.165) is 51.2 Å². The van der Waals surface area contributed by atoms with Crippen LogP contribution in [0.1, 0.15) is 11.4 Å². The number of hydrogen-bond acceptors (Lipinski definition) is 6. The summed E-state index contributed by atoms with van der Waals surface area (Å²) in [5, 5.41) is 13.5. The Balaban J connectivity index is 1.25. The largest absolute Gasteiger partial charge is 0.508 e. The van der Waals surface area contributed by atoms with Gasteiger partial charge in [0.15, 0.2) is 0 Å². The number of aromatic nitrogens is 2. The molecule has 0 amide bonds. The summed E-state index contributed by atoms with van der Waals surface area (Å²) in [5.41, 5.74) is 3.38. The first-order valence-corrected chi connectivity index (χ1v) is 12.5. The van der Waals surface area contributed by atoms with E-state index in [2.05, 4.69) is 46.3 Å². The number of fused-ring (bicyclic) bond motifs is 1. The average molecular weight is 464 g/mol. The number of phenols is 1. The molecule has 0 spiro atoms. The van der Waals surface area contributed by atoms with Crippen molar-refractivity contribution in [2.45, 2.75) is 28.1 Å². The molecule has 0 aliphatic carbocycles. The Morgan fingerprint density at radius 2 is 1.88 bits per heavy atom. The van der Waals surface area contributed by atoms with Crippen molar-refractivity contribution in [3.8, 4) is 11.5 Å². The Morgan fingerprint density at radius 3 is 2.62 bits per heavy atom. The molecule has 1 fully saturated rings. The van der Waals surface area contributed by atoms with E-state index in [1.165, 1.54) is 5.56 Å². The predicted octanol–water partition coefficient (Wildman–Crippen LogP) is 5.21. The number of phenolic OH excluding ortho intramolecular Hbond substituents is 1. The highest BCUT2D eigenvalue weighted by Gasteiger charge is 2.15. The number of rotatable bonds is 7. The van der Waals surface area contributed by atoms with Gasteiger partial charge in [-0.05, 0) is 66.6 Å². The molecule has 164 valence electrons. The first kappa shape index (κ1) is 21.2. The van der Waals surface area contributed by atoms with E-state index in [1.807, 2.05) is 37.0 Å². The maximum absolute atomic E-state index is 9.47. The van der Waals surface area contributed by atoms with Crippen LogP contribution in [0, 0.1) is 0 Å². The summed E-state index contributed by atoms with van der Waals surface area (Å²) < 4.78 is 8.13. The van der Waals surface area contributed by atoms with Gasteiger partial charge in [-0.1, -0.05) is 23.9 Å². The van der Waals surface area contributed by atoms with Crippen molar-refractivity contribution < 1.29 is 9.84 Å². The smallest absolute Gasteiger partial charge is 0.147 e. The molecule has 5 rings (SSSR count). The number of nitrogens with one attached hydrogen (secondary N) is 1. The molecule has 2 heterocycles. The number of benzene rings is 3. The van der Waals surface area contributed by atoms with E-state index in [-0.39, 0.29) is 5.75 Å². The van der Waals surface area contributed by atoms with Crippen LogP contribution in [0.2, 0.25) is 0 Å². The molecule has 0 radical (unpaired) electrons. The maximum Gasteiger partial charge on any atom is 0.147 e. The quantitative estimate of drug-likeness (QED) is 0.392. The Bertz CT molecular complexity index is 1200.